The first kappa shape index (κ1) is 16.3. The molecule has 0 unspecified atom stereocenters. The number of nitrogens with zero attached hydrogens (tertiary/aromatic N) is 2. The maximum Gasteiger partial charge on any atom is 0.125 e. The van der Waals surface area contributed by atoms with E-state index in [2.05, 4.69) is 42.7 Å². The van der Waals surface area contributed by atoms with Crippen molar-refractivity contribution < 1.29 is 9.84 Å². The minimum atomic E-state index is 0.259. The van der Waals surface area contributed by atoms with Crippen LogP contribution < -0.4 is 4.74 Å². The fourth-order valence-electron chi connectivity index (χ4n) is 3.05. The number of hydrogen-bond acceptors (Lipinski definition) is 4. The summed E-state index contributed by atoms with van der Waals surface area (Å²) in [4.78, 5) is 4.75. The van der Waals surface area contributed by atoms with Gasteiger partial charge in [-0.15, -0.1) is 0 Å². The van der Waals surface area contributed by atoms with Gasteiger partial charge in [0.1, 0.15) is 12.4 Å². The van der Waals surface area contributed by atoms with Gasteiger partial charge in [-0.25, -0.2) is 0 Å². The first-order chi connectivity index (χ1) is 10.1. The first-order valence-corrected chi connectivity index (χ1v) is 7.86. The molecule has 118 valence electrons. The topological polar surface area (TPSA) is 35.9 Å². The zero-order chi connectivity index (χ0) is 15.2. The fourth-order valence-corrected chi connectivity index (χ4v) is 3.05. The molecule has 4 nitrogen and oxygen atoms in total. The maximum absolute atomic E-state index is 8.95. The van der Waals surface area contributed by atoms with Crippen LogP contribution in [-0.2, 0) is 0 Å². The Morgan fingerprint density at radius 2 is 1.48 bits per heavy atom. The summed E-state index contributed by atoms with van der Waals surface area (Å²) in [6.07, 6.45) is 0. The van der Waals surface area contributed by atoms with Crippen LogP contribution in [0.15, 0.2) is 12.1 Å². The van der Waals surface area contributed by atoms with Crippen LogP contribution in [0.4, 0.5) is 0 Å². The van der Waals surface area contributed by atoms with Gasteiger partial charge in [0.15, 0.2) is 0 Å². The van der Waals surface area contributed by atoms with E-state index in [0.29, 0.717) is 0 Å². The Morgan fingerprint density at radius 3 is 2.00 bits per heavy atom. The molecular weight excluding hydrogens is 264 g/mol. The lowest BCUT2D eigenvalue weighted by molar-refractivity contribution is 0.101. The van der Waals surface area contributed by atoms with E-state index in [9.17, 15) is 0 Å². The molecule has 0 atom stereocenters. The molecule has 0 bridgehead atoms. The Kier molecular flexibility index (Phi) is 6.03. The SMILES string of the molecule is Cc1cc(C)c(OCCN2CCN(CCO)CC2)c(C)c1. The van der Waals surface area contributed by atoms with Gasteiger partial charge in [0.25, 0.3) is 0 Å². The van der Waals surface area contributed by atoms with Crippen LogP contribution in [0.3, 0.4) is 0 Å². The Morgan fingerprint density at radius 1 is 0.952 bits per heavy atom. The molecule has 0 radical (unpaired) electrons. The summed E-state index contributed by atoms with van der Waals surface area (Å²) in [5.74, 6) is 1.04. The molecule has 0 aliphatic carbocycles. The fraction of sp³-hybridized carbons (Fsp3) is 0.647. The molecule has 0 saturated carbocycles. The smallest absolute Gasteiger partial charge is 0.125 e. The number of rotatable bonds is 6. The maximum atomic E-state index is 8.95. The van der Waals surface area contributed by atoms with E-state index in [1.54, 1.807) is 0 Å². The van der Waals surface area contributed by atoms with Crippen LogP contribution in [0, 0.1) is 20.8 Å². The molecule has 1 aliphatic rings. The molecule has 1 saturated heterocycles. The molecule has 1 N–H and O–H groups in total. The third kappa shape index (κ3) is 4.70. The molecule has 0 amide bonds. The summed E-state index contributed by atoms with van der Waals surface area (Å²) >= 11 is 0. The van der Waals surface area contributed by atoms with Crippen LogP contribution in [0.5, 0.6) is 5.75 Å². The van der Waals surface area contributed by atoms with Crippen molar-refractivity contribution in [1.29, 1.82) is 0 Å². The van der Waals surface area contributed by atoms with E-state index in [0.717, 1.165) is 51.6 Å². The molecule has 4 heteroatoms. The number of aliphatic hydroxyl groups is 1. The molecule has 2 rings (SSSR count). The third-order valence-corrected chi connectivity index (χ3v) is 4.14. The second-order valence-corrected chi connectivity index (χ2v) is 5.98. The van der Waals surface area contributed by atoms with Gasteiger partial charge in [-0.3, -0.25) is 9.80 Å². The van der Waals surface area contributed by atoms with Crippen molar-refractivity contribution in [2.75, 3.05) is 52.5 Å². The highest BCUT2D eigenvalue weighted by molar-refractivity contribution is 5.42. The number of benzene rings is 1. The summed E-state index contributed by atoms with van der Waals surface area (Å²) in [7, 11) is 0. The highest BCUT2D eigenvalue weighted by Gasteiger charge is 2.16. The van der Waals surface area contributed by atoms with Crippen LogP contribution >= 0.6 is 0 Å². The van der Waals surface area contributed by atoms with Crippen molar-refractivity contribution >= 4 is 0 Å². The van der Waals surface area contributed by atoms with Crippen LogP contribution in [0.25, 0.3) is 0 Å². The zero-order valence-electron chi connectivity index (χ0n) is 13.6. The summed E-state index contributed by atoms with van der Waals surface area (Å²) in [6, 6.07) is 4.35. The average molecular weight is 292 g/mol. The Labute approximate surface area is 128 Å². The molecule has 1 fully saturated rings. The van der Waals surface area contributed by atoms with Crippen LogP contribution in [0.1, 0.15) is 16.7 Å². The van der Waals surface area contributed by atoms with Crippen molar-refractivity contribution in [1.82, 2.24) is 9.80 Å². The summed E-state index contributed by atoms with van der Waals surface area (Å²) in [5, 5.41) is 8.95. The second-order valence-electron chi connectivity index (χ2n) is 5.98. The van der Waals surface area contributed by atoms with E-state index in [1.165, 1.54) is 16.7 Å². The Bertz CT molecular complexity index is 431. The Hall–Kier alpha value is -1.10. The predicted molar refractivity (Wildman–Crippen MR) is 86.1 cm³/mol. The lowest BCUT2D eigenvalue weighted by Crippen LogP contribution is -2.48. The minimum absolute atomic E-state index is 0.259. The number of β-amino-alcohol motifs (C(OH)–C–C–N with tert-alkyl or cyclic N) is 1. The normalized spacial score (nSPS) is 17.1. The number of ether oxygens (including phenoxy) is 1. The number of hydrogen-bond donors (Lipinski definition) is 1. The van der Waals surface area contributed by atoms with Crippen molar-refractivity contribution in [3.05, 3.63) is 28.8 Å². The van der Waals surface area contributed by atoms with Crippen LogP contribution in [-0.4, -0.2) is 67.4 Å². The molecule has 0 spiro atoms. The van der Waals surface area contributed by atoms with Gasteiger partial charge in [-0.2, -0.15) is 0 Å². The molecule has 1 aromatic carbocycles. The van der Waals surface area contributed by atoms with E-state index in [1.807, 2.05) is 0 Å². The van der Waals surface area contributed by atoms with Crippen LogP contribution in [0.2, 0.25) is 0 Å². The number of aliphatic hydroxyl groups excluding tert-OH is 1. The number of aryl methyl sites for hydroxylation is 3. The summed E-state index contributed by atoms with van der Waals surface area (Å²) in [5.41, 5.74) is 3.73. The predicted octanol–water partition coefficient (Wildman–Crippen LogP) is 1.60. The molecule has 0 aromatic heterocycles. The van der Waals surface area contributed by atoms with Crippen molar-refractivity contribution in [3.8, 4) is 5.75 Å². The molecule has 21 heavy (non-hydrogen) atoms. The van der Waals surface area contributed by atoms with Gasteiger partial charge in [0.2, 0.25) is 0 Å². The van der Waals surface area contributed by atoms with Gasteiger partial charge in [-0.05, 0) is 31.9 Å². The van der Waals surface area contributed by atoms with Gasteiger partial charge >= 0.3 is 0 Å². The monoisotopic (exact) mass is 292 g/mol. The minimum Gasteiger partial charge on any atom is -0.492 e. The largest absolute Gasteiger partial charge is 0.492 e. The summed E-state index contributed by atoms with van der Waals surface area (Å²) in [6.45, 7) is 13.3. The van der Waals surface area contributed by atoms with Crippen molar-refractivity contribution in [3.63, 3.8) is 0 Å². The highest BCUT2D eigenvalue weighted by atomic mass is 16.5. The molecule has 1 heterocycles. The summed E-state index contributed by atoms with van der Waals surface area (Å²) < 4.78 is 6.00. The third-order valence-electron chi connectivity index (χ3n) is 4.14. The zero-order valence-corrected chi connectivity index (χ0v) is 13.6. The van der Waals surface area contributed by atoms with E-state index in [-0.39, 0.29) is 6.61 Å². The lowest BCUT2D eigenvalue weighted by atomic mass is 10.1. The van der Waals surface area contributed by atoms with E-state index >= 15 is 0 Å². The van der Waals surface area contributed by atoms with Gasteiger partial charge in [0, 0.05) is 39.3 Å². The molecule has 1 aliphatic heterocycles. The first-order valence-electron chi connectivity index (χ1n) is 7.86. The highest BCUT2D eigenvalue weighted by Crippen LogP contribution is 2.24. The Balaban J connectivity index is 1.76. The van der Waals surface area contributed by atoms with E-state index in [4.69, 9.17) is 9.84 Å². The molecular formula is C17H28N2O2. The molecule has 1 aromatic rings. The van der Waals surface area contributed by atoms with E-state index < -0.39 is 0 Å². The van der Waals surface area contributed by atoms with Gasteiger partial charge in [-0.1, -0.05) is 17.7 Å². The van der Waals surface area contributed by atoms with Crippen molar-refractivity contribution in [2.24, 2.45) is 0 Å². The van der Waals surface area contributed by atoms with Gasteiger partial charge < -0.3 is 9.84 Å². The standard InChI is InChI=1S/C17H28N2O2/c1-14-12-15(2)17(16(3)13-14)21-11-9-19-6-4-18(5-7-19)8-10-20/h12-13,20H,4-11H2,1-3H3. The lowest BCUT2D eigenvalue weighted by Gasteiger charge is -2.34. The quantitative estimate of drug-likeness (QED) is 0.864. The van der Waals surface area contributed by atoms with Gasteiger partial charge in [0.05, 0.1) is 6.61 Å². The van der Waals surface area contributed by atoms with Crippen molar-refractivity contribution in [2.45, 2.75) is 20.8 Å². The number of piperazine rings is 1. The average Bonchev–Trinajstić information content (AvgIpc) is 2.44. The second kappa shape index (κ2) is 7.78.